The Hall–Kier alpha value is -4.34. The average Bonchev–Trinajstić information content (AvgIpc) is 3.55. The van der Waals surface area contributed by atoms with E-state index >= 15 is 0 Å². The molecule has 0 bridgehead atoms. The Bertz CT molecular complexity index is 2000. The van der Waals surface area contributed by atoms with Gasteiger partial charge < -0.3 is 9.64 Å². The molecule has 6 aromatic rings. The molecule has 1 fully saturated rings. The van der Waals surface area contributed by atoms with Crippen LogP contribution in [0.4, 0.5) is 5.69 Å². The molecular formula is C41H37NOS. The van der Waals surface area contributed by atoms with Gasteiger partial charge in [-0.05, 0) is 107 Å². The van der Waals surface area contributed by atoms with Gasteiger partial charge >= 0.3 is 0 Å². The molecule has 0 saturated heterocycles. The quantitative estimate of drug-likeness (QED) is 0.191. The maximum Gasteiger partial charge on any atom is 0.142 e. The molecule has 1 saturated carbocycles. The summed E-state index contributed by atoms with van der Waals surface area (Å²) in [5, 5.41) is 6.11. The van der Waals surface area contributed by atoms with E-state index in [1.54, 1.807) is 0 Å². The molecule has 1 heterocycles. The molecule has 8 rings (SSSR count). The van der Waals surface area contributed by atoms with Gasteiger partial charge in [0.1, 0.15) is 11.5 Å². The van der Waals surface area contributed by atoms with Gasteiger partial charge in [0.15, 0.2) is 0 Å². The van der Waals surface area contributed by atoms with Gasteiger partial charge in [0.25, 0.3) is 0 Å². The van der Waals surface area contributed by atoms with Crippen LogP contribution < -0.4 is 9.64 Å². The van der Waals surface area contributed by atoms with Gasteiger partial charge in [-0.3, -0.25) is 0 Å². The lowest BCUT2D eigenvalue weighted by molar-refractivity contribution is 0.382. The summed E-state index contributed by atoms with van der Waals surface area (Å²) >= 11 is 1.83. The molecule has 0 amide bonds. The second-order valence-electron chi connectivity index (χ2n) is 12.5. The Labute approximate surface area is 264 Å². The molecule has 0 aliphatic heterocycles. The summed E-state index contributed by atoms with van der Waals surface area (Å²) in [6.45, 7) is 0. The Balaban J connectivity index is 1.43. The van der Waals surface area contributed by atoms with E-state index in [0.29, 0.717) is 11.8 Å². The largest absolute Gasteiger partial charge is 0.456 e. The van der Waals surface area contributed by atoms with Gasteiger partial charge in [0, 0.05) is 46.2 Å². The minimum atomic E-state index is 0.474. The summed E-state index contributed by atoms with van der Waals surface area (Å²) in [5.74, 6) is 2.87. The number of hydrogen-bond acceptors (Lipinski definition) is 3. The third kappa shape index (κ3) is 4.62. The third-order valence-corrected chi connectivity index (χ3v) is 10.6. The highest BCUT2D eigenvalue weighted by Gasteiger charge is 2.39. The van der Waals surface area contributed by atoms with Crippen LogP contribution in [0.15, 0.2) is 109 Å². The van der Waals surface area contributed by atoms with Gasteiger partial charge in [-0.25, -0.2) is 0 Å². The SMILES string of the molecule is CN(C)c1ccc(Oc2c(/C=C\Cc3ccccc3)c3c(c4c2ccc2sccc24)-c2ccccc2C2CCCCC32)cc1. The molecule has 5 aromatic carbocycles. The molecule has 0 spiro atoms. The third-order valence-electron chi connectivity index (χ3n) is 9.75. The first kappa shape index (κ1) is 27.2. The lowest BCUT2D eigenvalue weighted by Gasteiger charge is -2.41. The number of rotatable bonds is 6. The lowest BCUT2D eigenvalue weighted by atomic mass is 9.63. The molecule has 218 valence electrons. The van der Waals surface area contributed by atoms with Crippen molar-refractivity contribution in [3.05, 3.63) is 131 Å². The van der Waals surface area contributed by atoms with Crippen molar-refractivity contribution < 1.29 is 4.74 Å². The second kappa shape index (κ2) is 11.3. The van der Waals surface area contributed by atoms with Crippen molar-refractivity contribution in [3.8, 4) is 22.6 Å². The molecule has 44 heavy (non-hydrogen) atoms. The lowest BCUT2D eigenvalue weighted by Crippen LogP contribution is -2.23. The predicted molar refractivity (Wildman–Crippen MR) is 189 cm³/mol. The van der Waals surface area contributed by atoms with E-state index in [9.17, 15) is 0 Å². The zero-order valence-electron chi connectivity index (χ0n) is 25.4. The average molecular weight is 592 g/mol. The van der Waals surface area contributed by atoms with E-state index in [1.165, 1.54) is 79.9 Å². The summed E-state index contributed by atoms with van der Waals surface area (Å²) in [5.41, 5.74) is 9.60. The van der Waals surface area contributed by atoms with Crippen molar-refractivity contribution in [1.29, 1.82) is 0 Å². The Morgan fingerprint density at radius 1 is 0.795 bits per heavy atom. The second-order valence-corrected chi connectivity index (χ2v) is 13.5. The van der Waals surface area contributed by atoms with Crippen LogP contribution in [0.1, 0.15) is 59.8 Å². The summed E-state index contributed by atoms with van der Waals surface area (Å²) in [7, 11) is 4.15. The highest BCUT2D eigenvalue weighted by molar-refractivity contribution is 7.17. The van der Waals surface area contributed by atoms with Crippen molar-refractivity contribution in [2.45, 2.75) is 43.9 Å². The number of benzene rings is 5. The zero-order valence-corrected chi connectivity index (χ0v) is 26.2. The van der Waals surface area contributed by atoms with Crippen LogP contribution in [0.3, 0.4) is 0 Å². The Morgan fingerprint density at radius 3 is 2.39 bits per heavy atom. The summed E-state index contributed by atoms with van der Waals surface area (Å²) in [6.07, 6.45) is 10.7. The van der Waals surface area contributed by atoms with Gasteiger partial charge in [-0.15, -0.1) is 11.3 Å². The molecule has 3 heteroatoms. The number of allylic oxidation sites excluding steroid dienone is 1. The van der Waals surface area contributed by atoms with E-state index in [0.717, 1.165) is 23.6 Å². The maximum absolute atomic E-state index is 7.05. The van der Waals surface area contributed by atoms with Crippen molar-refractivity contribution >= 4 is 44.0 Å². The fourth-order valence-corrected chi connectivity index (χ4v) is 8.53. The van der Waals surface area contributed by atoms with Crippen LogP contribution in [0.25, 0.3) is 38.1 Å². The van der Waals surface area contributed by atoms with Crippen molar-refractivity contribution in [3.63, 3.8) is 0 Å². The van der Waals surface area contributed by atoms with Gasteiger partial charge in [-0.2, -0.15) is 0 Å². The monoisotopic (exact) mass is 591 g/mol. The Morgan fingerprint density at radius 2 is 1.57 bits per heavy atom. The van der Waals surface area contributed by atoms with Crippen molar-refractivity contribution in [2.75, 3.05) is 19.0 Å². The standard InChI is InChI=1S/C41H37NOS/c1-42(2)28-19-21-29(22-20-28)43-41-35(18-10-13-27-11-4-3-5-12-27)38-32-16-8-6-14-30(32)31-15-7-9-17-33(31)40(38)39-34-25-26-44-37(34)24-23-36(39)41/h3-5,7,9-12,15,17-26,30,32H,6,8,13-14,16H2,1-2H3/b18-10-. The number of anilines is 1. The number of ether oxygens (including phenoxy) is 1. The van der Waals surface area contributed by atoms with Gasteiger partial charge in [0.05, 0.1) is 0 Å². The van der Waals surface area contributed by atoms with E-state index in [2.05, 4.69) is 134 Å². The van der Waals surface area contributed by atoms with Crippen LogP contribution >= 0.6 is 11.3 Å². The molecular weight excluding hydrogens is 555 g/mol. The van der Waals surface area contributed by atoms with E-state index in [1.807, 2.05) is 11.3 Å². The topological polar surface area (TPSA) is 12.5 Å². The highest BCUT2D eigenvalue weighted by atomic mass is 32.1. The molecule has 2 unspecified atom stereocenters. The van der Waals surface area contributed by atoms with Crippen molar-refractivity contribution in [2.24, 2.45) is 0 Å². The van der Waals surface area contributed by atoms with Crippen LogP contribution in [0.5, 0.6) is 11.5 Å². The molecule has 2 atom stereocenters. The maximum atomic E-state index is 7.05. The van der Waals surface area contributed by atoms with E-state index in [-0.39, 0.29) is 0 Å². The molecule has 1 aromatic heterocycles. The van der Waals surface area contributed by atoms with Crippen LogP contribution in [-0.4, -0.2) is 14.1 Å². The van der Waals surface area contributed by atoms with E-state index in [4.69, 9.17) is 4.74 Å². The Kier molecular flexibility index (Phi) is 6.99. The fraction of sp³-hybridized carbons (Fsp3) is 0.220. The van der Waals surface area contributed by atoms with Gasteiger partial charge in [-0.1, -0.05) is 79.6 Å². The summed E-state index contributed by atoms with van der Waals surface area (Å²) < 4.78 is 8.38. The first-order valence-corrected chi connectivity index (χ1v) is 16.8. The summed E-state index contributed by atoms with van der Waals surface area (Å²) in [4.78, 5) is 2.13. The predicted octanol–water partition coefficient (Wildman–Crippen LogP) is 11.6. The highest BCUT2D eigenvalue weighted by Crippen LogP contribution is 2.59. The first-order valence-electron chi connectivity index (χ1n) is 15.9. The zero-order chi connectivity index (χ0) is 29.6. The van der Waals surface area contributed by atoms with Crippen LogP contribution in [-0.2, 0) is 6.42 Å². The van der Waals surface area contributed by atoms with Crippen LogP contribution in [0, 0.1) is 0 Å². The number of fused-ring (bicyclic) bond motifs is 10. The molecule has 0 N–H and O–H groups in total. The minimum Gasteiger partial charge on any atom is -0.456 e. The molecule has 2 nitrogen and oxygen atoms in total. The summed E-state index contributed by atoms with van der Waals surface area (Å²) in [6, 6.07) is 35.4. The normalized spacial score (nSPS) is 17.4. The van der Waals surface area contributed by atoms with Crippen LogP contribution in [0.2, 0.25) is 0 Å². The molecule has 2 aliphatic carbocycles. The number of hydrogen-bond donors (Lipinski definition) is 0. The van der Waals surface area contributed by atoms with Gasteiger partial charge in [0.2, 0.25) is 0 Å². The van der Waals surface area contributed by atoms with E-state index < -0.39 is 0 Å². The fourth-order valence-electron chi connectivity index (χ4n) is 7.73. The number of nitrogens with zero attached hydrogens (tertiary/aromatic N) is 1. The first-order chi connectivity index (χ1) is 21.7. The smallest absolute Gasteiger partial charge is 0.142 e. The molecule has 2 aliphatic rings. The van der Waals surface area contributed by atoms with Crippen molar-refractivity contribution in [1.82, 2.24) is 0 Å². The minimum absolute atomic E-state index is 0.474. The number of thiophene rings is 1. The molecule has 0 radical (unpaired) electrons.